The number of benzene rings is 3. The van der Waals surface area contributed by atoms with E-state index >= 15 is 0 Å². The van der Waals surface area contributed by atoms with Gasteiger partial charge < -0.3 is 10.1 Å². The Kier molecular flexibility index (Phi) is 8.16. The van der Waals surface area contributed by atoms with Crippen LogP contribution in [0, 0.1) is 0 Å². The van der Waals surface area contributed by atoms with Crippen LogP contribution in [0.2, 0.25) is 0 Å². The highest BCUT2D eigenvalue weighted by molar-refractivity contribution is 7.92. The molecule has 9 nitrogen and oxygen atoms in total. The predicted molar refractivity (Wildman–Crippen MR) is 142 cm³/mol. The van der Waals surface area contributed by atoms with E-state index < -0.39 is 32.5 Å². The number of ether oxygens (including phenoxy) is 1. The van der Waals surface area contributed by atoms with Gasteiger partial charge in [-0.25, -0.2) is 16.8 Å². The van der Waals surface area contributed by atoms with Crippen LogP contribution in [-0.2, 0) is 24.8 Å². The minimum atomic E-state index is -4.06. The van der Waals surface area contributed by atoms with Crippen molar-refractivity contribution in [3.63, 3.8) is 0 Å². The minimum absolute atomic E-state index is 0.0492. The van der Waals surface area contributed by atoms with Crippen molar-refractivity contribution in [3.05, 3.63) is 78.9 Å². The molecule has 3 aromatic rings. The lowest BCUT2D eigenvalue weighted by Gasteiger charge is -2.24. The Bertz CT molecular complexity index is 1420. The third-order valence-electron chi connectivity index (χ3n) is 5.90. The third kappa shape index (κ3) is 6.12. The summed E-state index contributed by atoms with van der Waals surface area (Å²) in [4.78, 5) is 13.2. The Morgan fingerprint density at radius 2 is 1.49 bits per heavy atom. The normalized spacial score (nSPS) is 14.3. The third-order valence-corrected chi connectivity index (χ3v) is 9.60. The summed E-state index contributed by atoms with van der Waals surface area (Å²) in [6.07, 6.45) is 1.67. The molecule has 0 spiro atoms. The van der Waals surface area contributed by atoms with E-state index in [-0.39, 0.29) is 9.79 Å². The van der Waals surface area contributed by atoms with Gasteiger partial charge in [0.1, 0.15) is 12.3 Å². The zero-order valence-electron chi connectivity index (χ0n) is 20.4. The predicted octanol–water partition coefficient (Wildman–Crippen LogP) is 3.70. The smallest absolute Gasteiger partial charge is 0.264 e. The first-order valence-electron chi connectivity index (χ1n) is 11.9. The number of carbonyl (C=O) groups is 1. The number of rotatable bonds is 10. The van der Waals surface area contributed by atoms with Crippen molar-refractivity contribution < 1.29 is 26.4 Å². The second-order valence-corrected chi connectivity index (χ2v) is 12.2. The van der Waals surface area contributed by atoms with Crippen LogP contribution in [-0.4, -0.2) is 53.3 Å². The summed E-state index contributed by atoms with van der Waals surface area (Å²) in [6.45, 7) is 2.82. The summed E-state index contributed by atoms with van der Waals surface area (Å²) in [5, 5.41) is 2.67. The number of sulfonamides is 2. The van der Waals surface area contributed by atoms with Crippen molar-refractivity contribution in [3.8, 4) is 5.75 Å². The zero-order chi connectivity index (χ0) is 26.5. The molecule has 37 heavy (non-hydrogen) atoms. The summed E-state index contributed by atoms with van der Waals surface area (Å²) in [5.41, 5.74) is 0.656. The number of nitrogens with zero attached hydrogens (tertiary/aromatic N) is 2. The number of amides is 1. The van der Waals surface area contributed by atoms with Crippen LogP contribution in [0.4, 0.5) is 11.4 Å². The van der Waals surface area contributed by atoms with Gasteiger partial charge in [0.15, 0.2) is 0 Å². The Morgan fingerprint density at radius 3 is 2.08 bits per heavy atom. The molecule has 0 saturated carbocycles. The first-order valence-corrected chi connectivity index (χ1v) is 14.8. The fraction of sp³-hybridized carbons (Fsp3) is 0.269. The zero-order valence-corrected chi connectivity index (χ0v) is 22.0. The van der Waals surface area contributed by atoms with Crippen LogP contribution in [0.15, 0.2) is 88.7 Å². The average Bonchev–Trinajstić information content (AvgIpc) is 3.45. The lowest BCUT2D eigenvalue weighted by atomic mass is 10.3. The van der Waals surface area contributed by atoms with Crippen LogP contribution >= 0.6 is 0 Å². The van der Waals surface area contributed by atoms with E-state index in [9.17, 15) is 21.6 Å². The van der Waals surface area contributed by atoms with Gasteiger partial charge in [-0.15, -0.1) is 0 Å². The number of hydrogen-bond donors (Lipinski definition) is 1. The Labute approximate surface area is 217 Å². The summed E-state index contributed by atoms with van der Waals surface area (Å²) in [5.74, 6) is 0.000254. The van der Waals surface area contributed by atoms with Crippen LogP contribution in [0.1, 0.15) is 19.8 Å². The largest absolute Gasteiger partial charge is 0.494 e. The van der Waals surface area contributed by atoms with Gasteiger partial charge in [-0.3, -0.25) is 9.10 Å². The molecule has 4 rings (SSSR count). The molecule has 1 fully saturated rings. The molecule has 3 aromatic carbocycles. The van der Waals surface area contributed by atoms with Gasteiger partial charge in [0, 0.05) is 18.8 Å². The number of nitrogens with one attached hydrogen (secondary N) is 1. The highest BCUT2D eigenvalue weighted by Gasteiger charge is 2.28. The molecule has 1 saturated heterocycles. The van der Waals surface area contributed by atoms with Gasteiger partial charge >= 0.3 is 0 Å². The van der Waals surface area contributed by atoms with Crippen LogP contribution < -0.4 is 14.4 Å². The van der Waals surface area contributed by atoms with E-state index in [1.54, 1.807) is 42.5 Å². The maximum Gasteiger partial charge on any atom is 0.264 e. The summed E-state index contributed by atoms with van der Waals surface area (Å²) in [7, 11) is -7.63. The fourth-order valence-electron chi connectivity index (χ4n) is 4.03. The molecular weight excluding hydrogens is 514 g/mol. The van der Waals surface area contributed by atoms with Crippen LogP contribution in [0.3, 0.4) is 0 Å². The van der Waals surface area contributed by atoms with E-state index in [4.69, 9.17) is 4.74 Å². The molecule has 11 heteroatoms. The molecule has 0 aromatic heterocycles. The molecule has 0 aliphatic carbocycles. The van der Waals surface area contributed by atoms with Crippen LogP contribution in [0.5, 0.6) is 5.75 Å². The molecule has 196 valence electrons. The highest BCUT2D eigenvalue weighted by Crippen LogP contribution is 2.26. The maximum atomic E-state index is 13.5. The molecule has 1 aliphatic rings. The number of anilines is 2. The van der Waals surface area contributed by atoms with Gasteiger partial charge in [0.2, 0.25) is 15.9 Å². The van der Waals surface area contributed by atoms with E-state index in [1.165, 1.54) is 40.7 Å². The van der Waals surface area contributed by atoms with Gasteiger partial charge in [-0.1, -0.05) is 18.2 Å². The number of carbonyl (C=O) groups excluding carboxylic acids is 1. The average molecular weight is 544 g/mol. The molecule has 0 radical (unpaired) electrons. The second-order valence-electron chi connectivity index (χ2n) is 8.44. The van der Waals surface area contributed by atoms with Gasteiger partial charge in [0.05, 0.1) is 22.1 Å². The Hall–Kier alpha value is -3.41. The molecule has 1 N–H and O–H groups in total. The van der Waals surface area contributed by atoms with Gasteiger partial charge in [-0.2, -0.15) is 4.31 Å². The van der Waals surface area contributed by atoms with E-state index in [1.807, 2.05) is 6.92 Å². The van der Waals surface area contributed by atoms with E-state index in [0.717, 1.165) is 17.1 Å². The van der Waals surface area contributed by atoms with E-state index in [0.29, 0.717) is 36.8 Å². The van der Waals surface area contributed by atoms with Gasteiger partial charge in [0.25, 0.3) is 10.0 Å². The van der Waals surface area contributed by atoms with Crippen molar-refractivity contribution in [1.82, 2.24) is 4.31 Å². The quantitative estimate of drug-likeness (QED) is 0.417. The Morgan fingerprint density at radius 1 is 0.865 bits per heavy atom. The van der Waals surface area contributed by atoms with Crippen molar-refractivity contribution in [1.29, 1.82) is 0 Å². The molecule has 1 aliphatic heterocycles. The fourth-order valence-corrected chi connectivity index (χ4v) is 6.99. The topological polar surface area (TPSA) is 113 Å². The Balaban J connectivity index is 1.54. The lowest BCUT2D eigenvalue weighted by molar-refractivity contribution is -0.114. The van der Waals surface area contributed by atoms with Crippen LogP contribution in [0.25, 0.3) is 0 Å². The highest BCUT2D eigenvalue weighted by atomic mass is 32.2. The molecule has 1 heterocycles. The molecule has 0 unspecified atom stereocenters. The summed E-state index contributed by atoms with van der Waals surface area (Å²) in [6, 6.07) is 20.2. The van der Waals surface area contributed by atoms with Crippen molar-refractivity contribution in [2.75, 3.05) is 35.9 Å². The summed E-state index contributed by atoms with van der Waals surface area (Å²) >= 11 is 0. The molecular formula is C26H29N3O6S2. The molecule has 0 atom stereocenters. The van der Waals surface area contributed by atoms with Gasteiger partial charge in [-0.05, 0) is 80.4 Å². The first kappa shape index (κ1) is 26.6. The SMILES string of the molecule is CCOc1ccc(N(CC(=O)Nc2ccc(S(=O)(=O)N3CCCC3)cc2)S(=O)(=O)c2ccccc2)cc1. The molecule has 1 amide bonds. The van der Waals surface area contributed by atoms with Crippen molar-refractivity contribution in [2.45, 2.75) is 29.6 Å². The lowest BCUT2D eigenvalue weighted by Crippen LogP contribution is -2.38. The monoisotopic (exact) mass is 543 g/mol. The number of hydrogen-bond acceptors (Lipinski definition) is 6. The first-order chi connectivity index (χ1) is 17.7. The minimum Gasteiger partial charge on any atom is -0.494 e. The van der Waals surface area contributed by atoms with Crippen molar-refractivity contribution in [2.24, 2.45) is 0 Å². The maximum absolute atomic E-state index is 13.5. The van der Waals surface area contributed by atoms with Crippen molar-refractivity contribution >= 4 is 37.3 Å². The van der Waals surface area contributed by atoms with E-state index in [2.05, 4.69) is 5.32 Å². The standard InChI is InChI=1S/C26H29N3O6S2/c1-2-35-23-14-12-22(13-15-23)29(37(33,34)24-8-4-3-5-9-24)20-26(30)27-21-10-16-25(17-11-21)36(31,32)28-18-6-7-19-28/h3-5,8-17H,2,6-7,18-20H2,1H3,(H,27,30). The molecule has 0 bridgehead atoms. The summed E-state index contributed by atoms with van der Waals surface area (Å²) < 4.78 is 60.3. The second kappa shape index (κ2) is 11.3.